The first-order chi connectivity index (χ1) is 10.9. The summed E-state index contributed by atoms with van der Waals surface area (Å²) in [7, 11) is 0. The summed E-state index contributed by atoms with van der Waals surface area (Å²) in [6, 6.07) is 3.29. The predicted octanol–water partition coefficient (Wildman–Crippen LogP) is 3.35. The van der Waals surface area contributed by atoms with Gasteiger partial charge in [0.25, 0.3) is 5.88 Å². The second-order valence-corrected chi connectivity index (χ2v) is 6.79. The van der Waals surface area contributed by atoms with Gasteiger partial charge >= 0.3 is 6.09 Å². The minimum Gasteiger partial charge on any atom is -0.503 e. The van der Waals surface area contributed by atoms with Crippen LogP contribution < -0.4 is 4.74 Å². The highest BCUT2D eigenvalue weighted by molar-refractivity contribution is 5.68. The van der Waals surface area contributed by atoms with Crippen molar-refractivity contribution >= 4 is 6.09 Å². The number of rotatable bonds is 4. The summed E-state index contributed by atoms with van der Waals surface area (Å²) >= 11 is 0. The van der Waals surface area contributed by atoms with Gasteiger partial charge in [0, 0.05) is 25.2 Å². The van der Waals surface area contributed by atoms with Crippen molar-refractivity contribution in [2.45, 2.75) is 58.1 Å². The summed E-state index contributed by atoms with van der Waals surface area (Å²) < 4.78 is 11.0. The Morgan fingerprint density at radius 2 is 2.22 bits per heavy atom. The van der Waals surface area contributed by atoms with Crippen molar-refractivity contribution in [3.63, 3.8) is 0 Å². The van der Waals surface area contributed by atoms with Gasteiger partial charge in [-0.25, -0.2) is 9.78 Å². The number of aromatic hydroxyl groups is 1. The molecule has 6 nitrogen and oxygen atoms in total. The Morgan fingerprint density at radius 3 is 2.91 bits per heavy atom. The molecule has 2 heterocycles. The lowest BCUT2D eigenvalue weighted by atomic mass is 10.0. The fraction of sp³-hybridized carbons (Fsp3) is 0.647. The monoisotopic (exact) mass is 322 g/mol. The third-order valence-electron chi connectivity index (χ3n) is 3.70. The van der Waals surface area contributed by atoms with Crippen LogP contribution >= 0.6 is 0 Å². The van der Waals surface area contributed by atoms with E-state index in [4.69, 9.17) is 9.47 Å². The number of carbonyl (C=O) groups is 1. The van der Waals surface area contributed by atoms with Crippen LogP contribution in [0, 0.1) is 0 Å². The molecule has 0 saturated carbocycles. The maximum Gasteiger partial charge on any atom is 0.410 e. The molecule has 2 rings (SSSR count). The van der Waals surface area contributed by atoms with Crippen LogP contribution in [0.4, 0.5) is 4.79 Å². The first kappa shape index (κ1) is 17.4. The van der Waals surface area contributed by atoms with Crippen molar-refractivity contribution < 1.29 is 19.4 Å². The Bertz CT molecular complexity index is 528. The van der Waals surface area contributed by atoms with Gasteiger partial charge in [-0.2, -0.15) is 0 Å². The summed E-state index contributed by atoms with van der Waals surface area (Å²) in [5.74, 6) is 0.257. The van der Waals surface area contributed by atoms with Crippen LogP contribution in [-0.4, -0.2) is 45.9 Å². The Kier molecular flexibility index (Phi) is 5.69. The fourth-order valence-electron chi connectivity index (χ4n) is 2.65. The highest BCUT2D eigenvalue weighted by atomic mass is 16.6. The topological polar surface area (TPSA) is 71.9 Å². The Labute approximate surface area is 137 Å². The van der Waals surface area contributed by atoms with Crippen molar-refractivity contribution in [3.05, 3.63) is 18.3 Å². The summed E-state index contributed by atoms with van der Waals surface area (Å²) in [4.78, 5) is 18.1. The molecule has 1 aromatic heterocycles. The van der Waals surface area contributed by atoms with Crippen LogP contribution in [0.2, 0.25) is 0 Å². The number of hydrogen-bond donors (Lipinski definition) is 1. The molecule has 1 atom stereocenters. The maximum atomic E-state index is 12.3. The number of piperidine rings is 1. The fourth-order valence-corrected chi connectivity index (χ4v) is 2.65. The average molecular weight is 322 g/mol. The maximum absolute atomic E-state index is 12.3. The molecule has 1 saturated heterocycles. The number of likely N-dealkylation sites (tertiary alicyclic amines) is 1. The lowest BCUT2D eigenvalue weighted by molar-refractivity contribution is 0.00733. The number of pyridine rings is 1. The molecule has 1 aliphatic rings. The molecular weight excluding hydrogens is 296 g/mol. The van der Waals surface area contributed by atoms with Crippen LogP contribution in [0.1, 0.15) is 46.5 Å². The quantitative estimate of drug-likeness (QED) is 0.920. The molecule has 0 bridgehead atoms. The molecule has 23 heavy (non-hydrogen) atoms. The Hall–Kier alpha value is -1.98. The number of amides is 1. The van der Waals surface area contributed by atoms with Gasteiger partial charge in [-0.05, 0) is 52.2 Å². The second-order valence-electron chi connectivity index (χ2n) is 6.79. The predicted molar refractivity (Wildman–Crippen MR) is 86.6 cm³/mol. The van der Waals surface area contributed by atoms with E-state index in [1.165, 1.54) is 6.07 Å². The molecule has 0 spiro atoms. The zero-order valence-electron chi connectivity index (χ0n) is 14.1. The molecular formula is C17H26N2O4. The molecule has 0 aliphatic carbocycles. The van der Waals surface area contributed by atoms with Crippen molar-refractivity contribution in [2.24, 2.45) is 0 Å². The van der Waals surface area contributed by atoms with Gasteiger partial charge < -0.3 is 19.5 Å². The molecule has 128 valence electrons. The van der Waals surface area contributed by atoms with E-state index in [0.29, 0.717) is 19.6 Å². The smallest absolute Gasteiger partial charge is 0.410 e. The number of ether oxygens (including phenoxy) is 2. The van der Waals surface area contributed by atoms with Gasteiger partial charge in [0.05, 0.1) is 6.61 Å². The van der Waals surface area contributed by atoms with E-state index >= 15 is 0 Å². The minimum atomic E-state index is -0.491. The van der Waals surface area contributed by atoms with Gasteiger partial charge in [0.15, 0.2) is 5.75 Å². The standard InChI is InChI=1S/C17H26N2O4/c1-17(2,3)23-16(21)19-11-5-4-7-13(19)9-12-22-15-14(20)8-6-10-18-15/h6,8,10,13,20H,4-5,7,9,11-12H2,1-3H3/t13-/m0/s1. The van der Waals surface area contributed by atoms with E-state index in [2.05, 4.69) is 4.98 Å². The van der Waals surface area contributed by atoms with Crippen molar-refractivity contribution in [2.75, 3.05) is 13.2 Å². The Balaban J connectivity index is 1.89. The molecule has 0 aromatic carbocycles. The van der Waals surface area contributed by atoms with Crippen molar-refractivity contribution in [3.8, 4) is 11.6 Å². The third-order valence-corrected chi connectivity index (χ3v) is 3.70. The largest absolute Gasteiger partial charge is 0.503 e. The van der Waals surface area contributed by atoms with Crippen LogP contribution in [0.3, 0.4) is 0 Å². The lowest BCUT2D eigenvalue weighted by Gasteiger charge is -2.36. The van der Waals surface area contributed by atoms with Gasteiger partial charge in [-0.1, -0.05) is 0 Å². The van der Waals surface area contributed by atoms with Crippen LogP contribution in [-0.2, 0) is 4.74 Å². The third kappa shape index (κ3) is 5.30. The molecule has 6 heteroatoms. The molecule has 0 unspecified atom stereocenters. The number of nitrogens with zero attached hydrogens (tertiary/aromatic N) is 2. The number of aromatic nitrogens is 1. The molecule has 1 aromatic rings. The highest BCUT2D eigenvalue weighted by Gasteiger charge is 2.30. The summed E-state index contributed by atoms with van der Waals surface area (Å²) in [6.45, 7) is 6.73. The van der Waals surface area contributed by atoms with E-state index in [0.717, 1.165) is 19.3 Å². The van der Waals surface area contributed by atoms with Gasteiger partial charge in [0.2, 0.25) is 0 Å². The first-order valence-corrected chi connectivity index (χ1v) is 8.13. The van der Waals surface area contributed by atoms with Crippen molar-refractivity contribution in [1.29, 1.82) is 0 Å². The lowest BCUT2D eigenvalue weighted by Crippen LogP contribution is -2.46. The van der Waals surface area contributed by atoms with E-state index in [1.54, 1.807) is 17.2 Å². The highest BCUT2D eigenvalue weighted by Crippen LogP contribution is 2.24. The zero-order chi connectivity index (χ0) is 16.9. The van der Waals surface area contributed by atoms with Crippen LogP contribution in [0.15, 0.2) is 18.3 Å². The van der Waals surface area contributed by atoms with Crippen LogP contribution in [0.5, 0.6) is 11.6 Å². The summed E-state index contributed by atoms with van der Waals surface area (Å²) in [5.41, 5.74) is -0.491. The summed E-state index contributed by atoms with van der Waals surface area (Å²) in [5, 5.41) is 9.64. The molecule has 1 amide bonds. The van der Waals surface area contributed by atoms with Gasteiger partial charge in [-0.3, -0.25) is 0 Å². The van der Waals surface area contributed by atoms with E-state index in [1.807, 2.05) is 20.8 Å². The SMILES string of the molecule is CC(C)(C)OC(=O)N1CCCC[C@H]1CCOc1ncccc1O. The molecule has 1 fully saturated rings. The number of carbonyl (C=O) groups excluding carboxylic acids is 1. The number of hydrogen-bond acceptors (Lipinski definition) is 5. The zero-order valence-corrected chi connectivity index (χ0v) is 14.1. The Morgan fingerprint density at radius 1 is 1.43 bits per heavy atom. The molecule has 0 radical (unpaired) electrons. The molecule has 1 N–H and O–H groups in total. The second kappa shape index (κ2) is 7.53. The van der Waals surface area contributed by atoms with E-state index < -0.39 is 5.60 Å². The van der Waals surface area contributed by atoms with Gasteiger partial charge in [0.1, 0.15) is 5.60 Å². The van der Waals surface area contributed by atoms with Gasteiger partial charge in [-0.15, -0.1) is 0 Å². The van der Waals surface area contributed by atoms with Crippen molar-refractivity contribution in [1.82, 2.24) is 9.88 Å². The first-order valence-electron chi connectivity index (χ1n) is 8.13. The van der Waals surface area contributed by atoms with E-state index in [9.17, 15) is 9.90 Å². The average Bonchev–Trinajstić information content (AvgIpc) is 2.48. The normalized spacial score (nSPS) is 18.6. The van der Waals surface area contributed by atoms with Crippen LogP contribution in [0.25, 0.3) is 0 Å². The van der Waals surface area contributed by atoms with E-state index in [-0.39, 0.29) is 23.8 Å². The summed E-state index contributed by atoms with van der Waals surface area (Å²) in [6.07, 6.45) is 5.04. The minimum absolute atomic E-state index is 0.0279. The molecule has 1 aliphatic heterocycles.